The van der Waals surface area contributed by atoms with Crippen LogP contribution in [0.15, 0.2) is 18.2 Å². The van der Waals surface area contributed by atoms with Crippen LogP contribution in [0.4, 0.5) is 18.9 Å². The van der Waals surface area contributed by atoms with Crippen molar-refractivity contribution in [1.29, 1.82) is 0 Å². The third kappa shape index (κ3) is 6.85. The summed E-state index contributed by atoms with van der Waals surface area (Å²) in [6.07, 6.45) is -4.90. The normalized spacial score (nSPS) is 12.0. The van der Waals surface area contributed by atoms with Crippen LogP contribution in [0, 0.1) is 12.8 Å². The first-order chi connectivity index (χ1) is 9.69. The number of alkyl halides is 3. The highest BCUT2D eigenvalue weighted by atomic mass is 19.4. The lowest BCUT2D eigenvalue weighted by Crippen LogP contribution is -2.24. The summed E-state index contributed by atoms with van der Waals surface area (Å²) in [6, 6.07) is 5.91. The molecule has 0 aliphatic rings. The predicted octanol–water partition coefficient (Wildman–Crippen LogP) is 4.13. The van der Waals surface area contributed by atoms with Crippen LogP contribution in [-0.4, -0.2) is 26.3 Å². The third-order valence-electron chi connectivity index (χ3n) is 3.28. The highest BCUT2D eigenvalue weighted by Crippen LogP contribution is 2.24. The van der Waals surface area contributed by atoms with Crippen molar-refractivity contribution in [2.75, 3.05) is 25.0 Å². The van der Waals surface area contributed by atoms with Gasteiger partial charge in [-0.25, -0.2) is 0 Å². The van der Waals surface area contributed by atoms with E-state index in [0.29, 0.717) is 5.92 Å². The Morgan fingerprint density at radius 2 is 1.90 bits per heavy atom. The van der Waals surface area contributed by atoms with E-state index < -0.39 is 12.6 Å². The van der Waals surface area contributed by atoms with Gasteiger partial charge in [0.1, 0.15) is 0 Å². The fourth-order valence-corrected chi connectivity index (χ4v) is 2.18. The van der Waals surface area contributed by atoms with Crippen molar-refractivity contribution >= 4 is 5.69 Å². The molecule has 0 spiro atoms. The molecule has 120 valence electrons. The Morgan fingerprint density at radius 3 is 2.43 bits per heavy atom. The second-order valence-electron chi connectivity index (χ2n) is 5.93. The first-order valence-corrected chi connectivity index (χ1v) is 7.27. The number of hydrogen-bond acceptors (Lipinski definition) is 2. The van der Waals surface area contributed by atoms with Crippen LogP contribution in [0.25, 0.3) is 0 Å². The fraction of sp³-hybridized carbons (Fsp3) is 0.625. The van der Waals surface area contributed by atoms with E-state index in [0.717, 1.165) is 29.9 Å². The van der Waals surface area contributed by atoms with Crippen LogP contribution in [0.1, 0.15) is 31.4 Å². The summed E-state index contributed by atoms with van der Waals surface area (Å²) in [4.78, 5) is 1.66. The van der Waals surface area contributed by atoms with E-state index in [1.807, 2.05) is 25.1 Å². The first-order valence-electron chi connectivity index (χ1n) is 7.27. The standard InChI is InChI=1S/C16H25F3N2/c1-12(2)10-20-11-14-5-6-15(13(3)9-14)21(4)8-7-16(17,18)19/h5-6,9,12,20H,7-8,10-11H2,1-4H3. The summed E-state index contributed by atoms with van der Waals surface area (Å²) < 4.78 is 36.8. The van der Waals surface area contributed by atoms with Crippen molar-refractivity contribution in [2.24, 2.45) is 5.92 Å². The molecule has 0 heterocycles. The SMILES string of the molecule is Cc1cc(CNCC(C)C)ccc1N(C)CCC(F)(F)F. The van der Waals surface area contributed by atoms with Gasteiger partial charge in [0.25, 0.3) is 0 Å². The van der Waals surface area contributed by atoms with Gasteiger partial charge < -0.3 is 10.2 Å². The highest BCUT2D eigenvalue weighted by molar-refractivity contribution is 5.53. The molecule has 1 aromatic carbocycles. The van der Waals surface area contributed by atoms with Crippen LogP contribution in [-0.2, 0) is 6.54 Å². The zero-order chi connectivity index (χ0) is 16.0. The largest absolute Gasteiger partial charge is 0.390 e. The Bertz CT molecular complexity index is 442. The van der Waals surface area contributed by atoms with Crippen molar-refractivity contribution < 1.29 is 13.2 Å². The number of halogens is 3. The van der Waals surface area contributed by atoms with Gasteiger partial charge in [-0.05, 0) is 36.6 Å². The number of nitrogens with one attached hydrogen (secondary N) is 1. The van der Waals surface area contributed by atoms with Gasteiger partial charge in [0.2, 0.25) is 0 Å². The van der Waals surface area contributed by atoms with Gasteiger partial charge in [0.05, 0.1) is 6.42 Å². The minimum absolute atomic E-state index is 0.0186. The third-order valence-corrected chi connectivity index (χ3v) is 3.28. The molecule has 0 aliphatic heterocycles. The van der Waals surface area contributed by atoms with Gasteiger partial charge in [-0.3, -0.25) is 0 Å². The number of hydrogen-bond donors (Lipinski definition) is 1. The maximum absolute atomic E-state index is 12.3. The van der Waals surface area contributed by atoms with Gasteiger partial charge in [0.15, 0.2) is 0 Å². The molecule has 5 heteroatoms. The molecule has 0 amide bonds. The topological polar surface area (TPSA) is 15.3 Å². The molecule has 0 unspecified atom stereocenters. The number of nitrogens with zero attached hydrogens (tertiary/aromatic N) is 1. The van der Waals surface area contributed by atoms with Crippen molar-refractivity contribution in [3.8, 4) is 0 Å². The van der Waals surface area contributed by atoms with Crippen molar-refractivity contribution in [2.45, 2.75) is 39.9 Å². The average Bonchev–Trinajstić information content (AvgIpc) is 2.35. The Morgan fingerprint density at radius 1 is 1.24 bits per heavy atom. The van der Waals surface area contributed by atoms with E-state index in [9.17, 15) is 13.2 Å². The van der Waals surface area contributed by atoms with E-state index in [-0.39, 0.29) is 6.54 Å². The Kier molecular flexibility index (Phi) is 6.52. The summed E-state index contributed by atoms with van der Waals surface area (Å²) in [5.41, 5.74) is 3.01. The van der Waals surface area contributed by atoms with Crippen LogP contribution in [0.2, 0.25) is 0 Å². The molecule has 1 rings (SSSR count). The quantitative estimate of drug-likeness (QED) is 0.814. The molecule has 0 atom stereocenters. The molecule has 1 aromatic rings. The summed E-state index contributed by atoms with van der Waals surface area (Å²) in [7, 11) is 1.70. The molecule has 0 aliphatic carbocycles. The smallest absolute Gasteiger partial charge is 0.374 e. The number of rotatable bonds is 7. The molecule has 2 nitrogen and oxygen atoms in total. The summed E-state index contributed by atoms with van der Waals surface area (Å²) in [5, 5.41) is 3.36. The lowest BCUT2D eigenvalue weighted by molar-refractivity contribution is -0.132. The molecule has 21 heavy (non-hydrogen) atoms. The van der Waals surface area contributed by atoms with Gasteiger partial charge in [-0.15, -0.1) is 0 Å². The summed E-state index contributed by atoms with van der Waals surface area (Å²) >= 11 is 0. The minimum atomic E-state index is -4.11. The second-order valence-corrected chi connectivity index (χ2v) is 5.93. The number of anilines is 1. The number of benzene rings is 1. The maximum Gasteiger partial charge on any atom is 0.390 e. The van der Waals surface area contributed by atoms with Gasteiger partial charge in [-0.2, -0.15) is 13.2 Å². The molecule has 0 radical (unpaired) electrons. The Balaban J connectivity index is 2.60. The van der Waals surface area contributed by atoms with Crippen molar-refractivity contribution in [1.82, 2.24) is 5.32 Å². The van der Waals surface area contributed by atoms with Crippen LogP contribution >= 0.6 is 0 Å². The maximum atomic E-state index is 12.3. The monoisotopic (exact) mass is 302 g/mol. The Hall–Kier alpha value is -1.23. The molecular weight excluding hydrogens is 277 g/mol. The molecule has 1 N–H and O–H groups in total. The van der Waals surface area contributed by atoms with E-state index in [1.54, 1.807) is 11.9 Å². The van der Waals surface area contributed by atoms with Gasteiger partial charge in [-0.1, -0.05) is 26.0 Å². The Labute approximate surface area is 125 Å². The molecule has 0 saturated heterocycles. The van der Waals surface area contributed by atoms with Gasteiger partial charge in [0, 0.05) is 25.8 Å². The van der Waals surface area contributed by atoms with Crippen molar-refractivity contribution in [3.63, 3.8) is 0 Å². The number of aryl methyl sites for hydroxylation is 1. The minimum Gasteiger partial charge on any atom is -0.374 e. The van der Waals surface area contributed by atoms with Crippen LogP contribution < -0.4 is 10.2 Å². The molecule has 0 saturated carbocycles. The van der Waals surface area contributed by atoms with E-state index in [4.69, 9.17) is 0 Å². The van der Waals surface area contributed by atoms with Crippen LogP contribution in [0.5, 0.6) is 0 Å². The van der Waals surface area contributed by atoms with Crippen molar-refractivity contribution in [3.05, 3.63) is 29.3 Å². The van der Waals surface area contributed by atoms with E-state index in [2.05, 4.69) is 19.2 Å². The molecule has 0 bridgehead atoms. The molecule has 0 fully saturated rings. The van der Waals surface area contributed by atoms with E-state index in [1.165, 1.54) is 0 Å². The van der Waals surface area contributed by atoms with E-state index >= 15 is 0 Å². The lowest BCUT2D eigenvalue weighted by atomic mass is 10.1. The lowest BCUT2D eigenvalue weighted by Gasteiger charge is -2.22. The molecular formula is C16H25F3N2. The predicted molar refractivity (Wildman–Crippen MR) is 81.7 cm³/mol. The second kappa shape index (κ2) is 7.69. The molecule has 0 aromatic heterocycles. The van der Waals surface area contributed by atoms with Crippen LogP contribution in [0.3, 0.4) is 0 Å². The zero-order valence-corrected chi connectivity index (χ0v) is 13.2. The highest BCUT2D eigenvalue weighted by Gasteiger charge is 2.27. The first kappa shape index (κ1) is 17.8. The fourth-order valence-electron chi connectivity index (χ4n) is 2.18. The summed E-state index contributed by atoms with van der Waals surface area (Å²) in [6.45, 7) is 7.95. The average molecular weight is 302 g/mol. The zero-order valence-electron chi connectivity index (χ0n) is 13.2. The summed E-state index contributed by atoms with van der Waals surface area (Å²) in [5.74, 6) is 0.596. The van der Waals surface area contributed by atoms with Gasteiger partial charge >= 0.3 is 6.18 Å².